The summed E-state index contributed by atoms with van der Waals surface area (Å²) in [6.07, 6.45) is 4.17. The van der Waals surface area contributed by atoms with Gasteiger partial charge in [0.05, 0.1) is 11.9 Å². The Morgan fingerprint density at radius 1 is 1.08 bits per heavy atom. The Labute approximate surface area is 153 Å². The molecule has 0 radical (unpaired) electrons. The van der Waals surface area contributed by atoms with Crippen molar-refractivity contribution >= 4 is 23.1 Å². The van der Waals surface area contributed by atoms with E-state index in [0.29, 0.717) is 6.42 Å². The number of hydrogen-bond donors (Lipinski definition) is 1. The number of nitrogens with one attached hydrogen (secondary N) is 1. The van der Waals surface area contributed by atoms with Crippen molar-refractivity contribution in [2.45, 2.75) is 26.2 Å². The first-order valence-electron chi connectivity index (χ1n) is 9.17. The number of anilines is 3. The minimum Gasteiger partial charge on any atom is -0.368 e. The summed E-state index contributed by atoms with van der Waals surface area (Å²) in [5.74, 6) is 0.739. The number of nitrogens with zero attached hydrogens (tertiary/aromatic N) is 3. The van der Waals surface area contributed by atoms with E-state index in [9.17, 15) is 9.18 Å². The lowest BCUT2D eigenvalue weighted by Gasteiger charge is -2.36. The summed E-state index contributed by atoms with van der Waals surface area (Å²) < 4.78 is 13.0. The average molecular weight is 356 g/mol. The van der Waals surface area contributed by atoms with Gasteiger partial charge >= 0.3 is 0 Å². The lowest BCUT2D eigenvalue weighted by molar-refractivity contribution is -0.116. The van der Waals surface area contributed by atoms with Crippen LogP contribution in [0.4, 0.5) is 21.6 Å². The third-order valence-electron chi connectivity index (χ3n) is 4.58. The van der Waals surface area contributed by atoms with Gasteiger partial charge in [0.15, 0.2) is 0 Å². The summed E-state index contributed by atoms with van der Waals surface area (Å²) in [6, 6.07) is 10.5. The predicted molar refractivity (Wildman–Crippen MR) is 103 cm³/mol. The van der Waals surface area contributed by atoms with E-state index in [-0.39, 0.29) is 11.7 Å². The van der Waals surface area contributed by atoms with Gasteiger partial charge in [-0.3, -0.25) is 4.79 Å². The fourth-order valence-electron chi connectivity index (χ4n) is 3.05. The highest BCUT2D eigenvalue weighted by Crippen LogP contribution is 2.20. The molecule has 1 amide bonds. The fourth-order valence-corrected chi connectivity index (χ4v) is 3.05. The number of carbonyl (C=O) groups is 1. The van der Waals surface area contributed by atoms with Crippen molar-refractivity contribution in [2.24, 2.45) is 0 Å². The summed E-state index contributed by atoms with van der Waals surface area (Å²) in [6.45, 7) is 5.50. The largest absolute Gasteiger partial charge is 0.368 e. The van der Waals surface area contributed by atoms with Crippen LogP contribution < -0.4 is 15.1 Å². The molecule has 0 bridgehead atoms. The Morgan fingerprint density at radius 3 is 2.38 bits per heavy atom. The van der Waals surface area contributed by atoms with E-state index in [0.717, 1.165) is 56.2 Å². The van der Waals surface area contributed by atoms with Crippen LogP contribution in [0.5, 0.6) is 0 Å². The Hall–Kier alpha value is -2.63. The predicted octanol–water partition coefficient (Wildman–Crippen LogP) is 3.68. The molecular weight excluding hydrogens is 331 g/mol. The lowest BCUT2D eigenvalue weighted by atomic mass is 10.2. The molecule has 1 aliphatic heterocycles. The number of halogens is 1. The second-order valence-electron chi connectivity index (χ2n) is 6.51. The van der Waals surface area contributed by atoms with Gasteiger partial charge in [-0.15, -0.1) is 0 Å². The van der Waals surface area contributed by atoms with E-state index < -0.39 is 0 Å². The molecule has 1 aromatic heterocycles. The van der Waals surface area contributed by atoms with Crippen molar-refractivity contribution in [3.63, 3.8) is 0 Å². The van der Waals surface area contributed by atoms with Crippen LogP contribution in [-0.2, 0) is 4.79 Å². The number of pyridine rings is 1. The van der Waals surface area contributed by atoms with Gasteiger partial charge in [-0.1, -0.05) is 13.3 Å². The van der Waals surface area contributed by atoms with E-state index in [4.69, 9.17) is 0 Å². The molecule has 0 spiro atoms. The quantitative estimate of drug-likeness (QED) is 0.858. The molecule has 3 rings (SSSR count). The highest BCUT2D eigenvalue weighted by Gasteiger charge is 2.18. The minimum absolute atomic E-state index is 0.0364. The molecule has 0 aliphatic carbocycles. The Morgan fingerprint density at radius 2 is 1.77 bits per heavy atom. The van der Waals surface area contributed by atoms with Crippen LogP contribution in [0.3, 0.4) is 0 Å². The van der Waals surface area contributed by atoms with E-state index in [2.05, 4.69) is 27.0 Å². The lowest BCUT2D eigenvalue weighted by Crippen LogP contribution is -2.46. The number of benzene rings is 1. The van der Waals surface area contributed by atoms with Crippen LogP contribution >= 0.6 is 0 Å². The molecular formula is C20H25FN4O. The molecule has 6 heteroatoms. The number of carbonyl (C=O) groups excluding carboxylic acids is 1. The van der Waals surface area contributed by atoms with Gasteiger partial charge in [0.25, 0.3) is 0 Å². The first-order valence-corrected chi connectivity index (χ1v) is 9.17. The molecule has 1 saturated heterocycles. The highest BCUT2D eigenvalue weighted by atomic mass is 19.1. The fraction of sp³-hybridized carbons (Fsp3) is 0.400. The first-order chi connectivity index (χ1) is 12.7. The standard InChI is InChI=1S/C20H25FN4O/c1-2-3-4-20(26)23-17-7-10-19(22-15-17)25-13-11-24(12-14-25)18-8-5-16(21)6-9-18/h5-10,15H,2-4,11-14H2,1H3,(H,23,26). The summed E-state index contributed by atoms with van der Waals surface area (Å²) in [4.78, 5) is 20.7. The summed E-state index contributed by atoms with van der Waals surface area (Å²) in [5, 5.41) is 2.88. The molecule has 5 nitrogen and oxygen atoms in total. The van der Waals surface area contributed by atoms with E-state index in [1.807, 2.05) is 24.3 Å². The number of aromatic nitrogens is 1. The van der Waals surface area contributed by atoms with Crippen molar-refractivity contribution in [1.29, 1.82) is 0 Å². The van der Waals surface area contributed by atoms with Crippen LogP contribution in [0.15, 0.2) is 42.6 Å². The summed E-state index contributed by atoms with van der Waals surface area (Å²) >= 11 is 0. The van der Waals surface area contributed by atoms with Crippen molar-refractivity contribution in [3.8, 4) is 0 Å². The maximum atomic E-state index is 13.0. The van der Waals surface area contributed by atoms with Crippen molar-refractivity contribution < 1.29 is 9.18 Å². The second-order valence-corrected chi connectivity index (χ2v) is 6.51. The topological polar surface area (TPSA) is 48.5 Å². The summed E-state index contributed by atoms with van der Waals surface area (Å²) in [5.41, 5.74) is 1.78. The van der Waals surface area contributed by atoms with Crippen LogP contribution in [0.25, 0.3) is 0 Å². The molecule has 2 heterocycles. The van der Waals surface area contributed by atoms with Gasteiger partial charge in [-0.25, -0.2) is 9.37 Å². The van der Waals surface area contributed by atoms with Crippen LogP contribution in [0, 0.1) is 5.82 Å². The zero-order valence-corrected chi connectivity index (χ0v) is 15.1. The van der Waals surface area contributed by atoms with Crippen molar-refractivity contribution in [3.05, 3.63) is 48.4 Å². The number of hydrogen-bond acceptors (Lipinski definition) is 4. The normalized spacial score (nSPS) is 14.4. The van der Waals surface area contributed by atoms with Crippen molar-refractivity contribution in [1.82, 2.24) is 4.98 Å². The molecule has 138 valence electrons. The van der Waals surface area contributed by atoms with Gasteiger partial charge in [0, 0.05) is 38.3 Å². The van der Waals surface area contributed by atoms with E-state index in [1.165, 1.54) is 12.1 Å². The summed E-state index contributed by atoms with van der Waals surface area (Å²) in [7, 11) is 0. The van der Waals surface area contributed by atoms with Gasteiger partial charge in [0.1, 0.15) is 11.6 Å². The first kappa shape index (κ1) is 18.2. The van der Waals surface area contributed by atoms with Crippen LogP contribution in [0.1, 0.15) is 26.2 Å². The van der Waals surface area contributed by atoms with Crippen LogP contribution in [0.2, 0.25) is 0 Å². The molecule has 26 heavy (non-hydrogen) atoms. The van der Waals surface area contributed by atoms with E-state index in [1.54, 1.807) is 6.20 Å². The maximum absolute atomic E-state index is 13.0. The van der Waals surface area contributed by atoms with Gasteiger partial charge in [-0.05, 0) is 42.8 Å². The smallest absolute Gasteiger partial charge is 0.224 e. The highest BCUT2D eigenvalue weighted by molar-refractivity contribution is 5.90. The zero-order valence-electron chi connectivity index (χ0n) is 15.1. The SMILES string of the molecule is CCCCC(=O)Nc1ccc(N2CCN(c3ccc(F)cc3)CC2)nc1. The van der Waals surface area contributed by atoms with Gasteiger partial charge in [0.2, 0.25) is 5.91 Å². The third kappa shape index (κ3) is 4.71. The molecule has 0 saturated carbocycles. The molecule has 0 atom stereocenters. The number of amides is 1. The zero-order chi connectivity index (χ0) is 18.4. The monoisotopic (exact) mass is 356 g/mol. The van der Waals surface area contributed by atoms with E-state index >= 15 is 0 Å². The molecule has 1 aliphatic rings. The molecule has 2 aromatic rings. The number of piperazine rings is 1. The van der Waals surface area contributed by atoms with Gasteiger partial charge in [-0.2, -0.15) is 0 Å². The van der Waals surface area contributed by atoms with Crippen LogP contribution in [-0.4, -0.2) is 37.1 Å². The molecule has 1 N–H and O–H groups in total. The number of rotatable bonds is 6. The molecule has 0 unspecified atom stereocenters. The number of unbranched alkanes of at least 4 members (excludes halogenated alkanes) is 1. The third-order valence-corrected chi connectivity index (χ3v) is 4.58. The minimum atomic E-state index is -0.210. The Balaban J connectivity index is 1.53. The Kier molecular flexibility index (Phi) is 6.04. The van der Waals surface area contributed by atoms with Gasteiger partial charge < -0.3 is 15.1 Å². The molecule has 1 aromatic carbocycles. The molecule has 1 fully saturated rings. The van der Waals surface area contributed by atoms with Crippen molar-refractivity contribution in [2.75, 3.05) is 41.3 Å². The maximum Gasteiger partial charge on any atom is 0.224 e. The average Bonchev–Trinajstić information content (AvgIpc) is 2.68. The Bertz CT molecular complexity index is 710. The second kappa shape index (κ2) is 8.65.